The van der Waals surface area contributed by atoms with Crippen LogP contribution in [-0.2, 0) is 4.79 Å². The third-order valence-corrected chi connectivity index (χ3v) is 6.31. The Morgan fingerprint density at radius 3 is 2.66 bits per heavy atom. The molecule has 8 heteroatoms. The molecule has 1 fully saturated rings. The zero-order chi connectivity index (χ0) is 22.2. The van der Waals surface area contributed by atoms with Crippen LogP contribution in [0, 0.1) is 6.92 Å². The van der Waals surface area contributed by atoms with Crippen LogP contribution in [0.25, 0.3) is 10.9 Å². The van der Waals surface area contributed by atoms with Crippen LogP contribution in [0.15, 0.2) is 42.6 Å². The van der Waals surface area contributed by atoms with E-state index in [2.05, 4.69) is 15.5 Å². The maximum Gasteiger partial charge on any atom is 0.262 e. The summed E-state index contributed by atoms with van der Waals surface area (Å²) in [6, 6.07) is 10.5. The van der Waals surface area contributed by atoms with Crippen LogP contribution < -0.4 is 10.1 Å². The number of imide groups is 1. The van der Waals surface area contributed by atoms with Gasteiger partial charge in [-0.15, -0.1) is 0 Å². The smallest absolute Gasteiger partial charge is 0.262 e. The first-order valence-corrected chi connectivity index (χ1v) is 10.8. The number of aromatic amines is 1. The lowest BCUT2D eigenvalue weighted by atomic mass is 9.92. The highest BCUT2D eigenvalue weighted by Gasteiger charge is 2.36. The van der Waals surface area contributed by atoms with Crippen molar-refractivity contribution in [3.05, 3.63) is 59.3 Å². The van der Waals surface area contributed by atoms with Crippen LogP contribution in [0.2, 0.25) is 0 Å². The second-order valence-corrected chi connectivity index (χ2v) is 8.43. The molecule has 1 aromatic heterocycles. The first-order valence-electron chi connectivity index (χ1n) is 10.8. The fourth-order valence-corrected chi connectivity index (χ4v) is 4.63. The van der Waals surface area contributed by atoms with Gasteiger partial charge in [0, 0.05) is 23.4 Å². The summed E-state index contributed by atoms with van der Waals surface area (Å²) >= 11 is 0. The van der Waals surface area contributed by atoms with Gasteiger partial charge < -0.3 is 10.1 Å². The number of rotatable bonds is 5. The molecule has 164 valence electrons. The normalized spacial score (nSPS) is 20.5. The van der Waals surface area contributed by atoms with E-state index >= 15 is 0 Å². The van der Waals surface area contributed by atoms with Crippen LogP contribution in [0.5, 0.6) is 5.75 Å². The van der Waals surface area contributed by atoms with Crippen molar-refractivity contribution < 1.29 is 19.1 Å². The molecule has 0 saturated heterocycles. The molecule has 3 amide bonds. The molecule has 8 nitrogen and oxygen atoms in total. The van der Waals surface area contributed by atoms with Gasteiger partial charge in [-0.2, -0.15) is 5.10 Å². The van der Waals surface area contributed by atoms with Gasteiger partial charge in [0.1, 0.15) is 18.4 Å². The molecule has 1 aliphatic heterocycles. The van der Waals surface area contributed by atoms with Crippen LogP contribution in [-0.4, -0.2) is 51.5 Å². The number of ether oxygens (including phenoxy) is 1. The molecule has 2 heterocycles. The monoisotopic (exact) mass is 432 g/mol. The van der Waals surface area contributed by atoms with Crippen molar-refractivity contribution in [2.75, 3.05) is 6.54 Å². The van der Waals surface area contributed by atoms with Crippen molar-refractivity contribution in [3.63, 3.8) is 0 Å². The maximum atomic E-state index is 12.6. The van der Waals surface area contributed by atoms with Gasteiger partial charge in [0.2, 0.25) is 5.91 Å². The van der Waals surface area contributed by atoms with Crippen molar-refractivity contribution in [3.8, 4) is 5.75 Å². The second kappa shape index (κ2) is 8.11. The summed E-state index contributed by atoms with van der Waals surface area (Å²) in [6.45, 7) is 1.74. The molecular weight excluding hydrogens is 408 g/mol. The van der Waals surface area contributed by atoms with Crippen LogP contribution >= 0.6 is 0 Å². The summed E-state index contributed by atoms with van der Waals surface area (Å²) in [5.41, 5.74) is 2.70. The van der Waals surface area contributed by atoms with E-state index in [1.807, 2.05) is 19.1 Å². The number of benzene rings is 2. The largest absolute Gasteiger partial charge is 0.490 e. The first-order chi connectivity index (χ1) is 15.5. The number of aromatic nitrogens is 2. The summed E-state index contributed by atoms with van der Waals surface area (Å²) in [5.74, 6) is -0.352. The molecule has 1 aliphatic carbocycles. The van der Waals surface area contributed by atoms with E-state index in [0.29, 0.717) is 17.5 Å². The van der Waals surface area contributed by atoms with Crippen molar-refractivity contribution >= 4 is 28.6 Å². The molecule has 1 saturated carbocycles. The Hall–Kier alpha value is -3.68. The molecule has 2 atom stereocenters. The zero-order valence-electron chi connectivity index (χ0n) is 17.8. The Morgan fingerprint density at radius 2 is 1.91 bits per heavy atom. The van der Waals surface area contributed by atoms with E-state index in [-0.39, 0.29) is 24.6 Å². The number of carbonyl (C=O) groups excluding carboxylic acids is 3. The van der Waals surface area contributed by atoms with Gasteiger partial charge >= 0.3 is 0 Å². The molecule has 3 aromatic rings. The quantitative estimate of drug-likeness (QED) is 0.603. The molecule has 5 rings (SSSR count). The van der Waals surface area contributed by atoms with Gasteiger partial charge in [0.15, 0.2) is 0 Å². The molecule has 2 aromatic carbocycles. The van der Waals surface area contributed by atoms with E-state index in [4.69, 9.17) is 4.74 Å². The van der Waals surface area contributed by atoms with Gasteiger partial charge in [-0.3, -0.25) is 24.4 Å². The zero-order valence-corrected chi connectivity index (χ0v) is 17.8. The molecule has 0 radical (unpaired) electrons. The number of amides is 3. The van der Waals surface area contributed by atoms with Gasteiger partial charge in [-0.25, -0.2) is 0 Å². The van der Waals surface area contributed by atoms with E-state index < -0.39 is 11.8 Å². The van der Waals surface area contributed by atoms with Gasteiger partial charge in [0.05, 0.1) is 22.8 Å². The van der Waals surface area contributed by atoms with Gasteiger partial charge in [-0.05, 0) is 50.5 Å². The number of H-pyrrole nitrogens is 1. The van der Waals surface area contributed by atoms with Crippen molar-refractivity contribution in [2.24, 2.45) is 0 Å². The maximum absolute atomic E-state index is 12.6. The number of hydrogen-bond donors (Lipinski definition) is 2. The summed E-state index contributed by atoms with van der Waals surface area (Å²) in [7, 11) is 0. The predicted molar refractivity (Wildman–Crippen MR) is 117 cm³/mol. The van der Waals surface area contributed by atoms with Crippen molar-refractivity contribution in [1.82, 2.24) is 20.4 Å². The minimum absolute atomic E-state index is 0.0172. The molecule has 2 unspecified atom stereocenters. The highest BCUT2D eigenvalue weighted by Crippen LogP contribution is 2.30. The van der Waals surface area contributed by atoms with Crippen LogP contribution in [0.1, 0.15) is 52.0 Å². The third-order valence-electron chi connectivity index (χ3n) is 6.31. The molecule has 0 spiro atoms. The Labute approximate surface area is 184 Å². The number of nitrogens with one attached hydrogen (secondary N) is 2. The Bertz CT molecular complexity index is 1180. The SMILES string of the molecule is Cc1c(OC2CCCC(NC(=O)CN3C(=O)c4ccccc4C3=O)C2)ccc2[nH]ncc12. The summed E-state index contributed by atoms with van der Waals surface area (Å²) in [6.07, 6.45) is 5.13. The summed E-state index contributed by atoms with van der Waals surface area (Å²) in [4.78, 5) is 38.6. The van der Waals surface area contributed by atoms with E-state index in [1.54, 1.807) is 30.5 Å². The Kier molecular flexibility index (Phi) is 5.13. The number of hydrogen-bond acceptors (Lipinski definition) is 5. The third kappa shape index (κ3) is 3.62. The number of aryl methyl sites for hydroxylation is 1. The lowest BCUT2D eigenvalue weighted by Crippen LogP contribution is -2.46. The Balaban J connectivity index is 1.20. The topological polar surface area (TPSA) is 104 Å². The van der Waals surface area contributed by atoms with E-state index in [0.717, 1.165) is 46.4 Å². The van der Waals surface area contributed by atoms with Crippen molar-refractivity contribution in [1.29, 1.82) is 0 Å². The molecule has 2 aliphatic rings. The fourth-order valence-electron chi connectivity index (χ4n) is 4.63. The van der Waals surface area contributed by atoms with Crippen LogP contribution in [0.4, 0.5) is 0 Å². The van der Waals surface area contributed by atoms with E-state index in [9.17, 15) is 14.4 Å². The number of carbonyl (C=O) groups is 3. The molecule has 32 heavy (non-hydrogen) atoms. The molecule has 2 N–H and O–H groups in total. The average Bonchev–Trinajstić information content (AvgIpc) is 3.36. The Morgan fingerprint density at radius 1 is 1.16 bits per heavy atom. The highest BCUT2D eigenvalue weighted by molar-refractivity contribution is 6.22. The average molecular weight is 432 g/mol. The predicted octanol–water partition coefficient (Wildman–Crippen LogP) is 2.97. The fraction of sp³-hybridized carbons (Fsp3) is 0.333. The lowest BCUT2D eigenvalue weighted by molar-refractivity contribution is -0.122. The molecule has 0 bridgehead atoms. The lowest BCUT2D eigenvalue weighted by Gasteiger charge is -2.31. The molecular formula is C24H24N4O4. The van der Waals surface area contributed by atoms with Gasteiger partial charge in [-0.1, -0.05) is 12.1 Å². The van der Waals surface area contributed by atoms with E-state index in [1.165, 1.54) is 0 Å². The summed E-state index contributed by atoms with van der Waals surface area (Å²) < 4.78 is 6.27. The summed E-state index contributed by atoms with van der Waals surface area (Å²) in [5, 5.41) is 11.1. The second-order valence-electron chi connectivity index (χ2n) is 8.43. The number of nitrogens with zero attached hydrogens (tertiary/aromatic N) is 2. The minimum Gasteiger partial charge on any atom is -0.490 e. The highest BCUT2D eigenvalue weighted by atomic mass is 16.5. The van der Waals surface area contributed by atoms with Gasteiger partial charge in [0.25, 0.3) is 11.8 Å². The van der Waals surface area contributed by atoms with Crippen molar-refractivity contribution in [2.45, 2.75) is 44.8 Å². The number of fused-ring (bicyclic) bond motifs is 2. The van der Waals surface area contributed by atoms with Crippen LogP contribution in [0.3, 0.4) is 0 Å². The first kappa shape index (κ1) is 20.2. The standard InChI is InChI=1S/C24H24N4O4/c1-14-19-12-25-27-20(19)9-10-21(14)32-16-6-4-5-15(11-16)26-22(29)13-28-23(30)17-7-2-3-8-18(17)24(28)31/h2-3,7-10,12,15-16H,4-6,11,13H2,1H3,(H,25,27)(H,26,29). The minimum atomic E-state index is -0.421.